The van der Waals surface area contributed by atoms with Gasteiger partial charge in [-0.2, -0.15) is 5.26 Å². The fourth-order valence-corrected chi connectivity index (χ4v) is 1.19. The maximum Gasteiger partial charge on any atom is 0.355 e. The molecular formula is C12H14N2O2. The molecule has 0 spiro atoms. The van der Waals surface area contributed by atoms with E-state index in [-0.39, 0.29) is 6.61 Å². The summed E-state index contributed by atoms with van der Waals surface area (Å²) in [5.74, 6) is -0.415. The van der Waals surface area contributed by atoms with Gasteiger partial charge in [-0.1, -0.05) is 5.57 Å². The third-order valence-corrected chi connectivity index (χ3v) is 2.05. The van der Waals surface area contributed by atoms with E-state index in [4.69, 9.17) is 10.00 Å². The summed E-state index contributed by atoms with van der Waals surface area (Å²) < 4.78 is 6.62. The van der Waals surface area contributed by atoms with Crippen LogP contribution in [0.1, 0.15) is 29.9 Å². The van der Waals surface area contributed by atoms with Crippen LogP contribution >= 0.6 is 0 Å². The van der Waals surface area contributed by atoms with Crippen molar-refractivity contribution in [3.63, 3.8) is 0 Å². The summed E-state index contributed by atoms with van der Waals surface area (Å²) in [6, 6.07) is 3.50. The summed E-state index contributed by atoms with van der Waals surface area (Å²) in [4.78, 5) is 11.6. The smallest absolute Gasteiger partial charge is 0.355 e. The topological polar surface area (TPSA) is 55.0 Å². The zero-order valence-corrected chi connectivity index (χ0v) is 9.65. The molecule has 0 N–H and O–H groups in total. The van der Waals surface area contributed by atoms with Gasteiger partial charge in [0.05, 0.1) is 5.56 Å². The molecule has 0 radical (unpaired) electrons. The van der Waals surface area contributed by atoms with Gasteiger partial charge in [0.15, 0.2) is 0 Å². The molecule has 0 amide bonds. The average Bonchev–Trinajstić information content (AvgIpc) is 2.59. The molecule has 0 bridgehead atoms. The average molecular weight is 218 g/mol. The third-order valence-electron chi connectivity index (χ3n) is 2.05. The Kier molecular flexibility index (Phi) is 3.90. The summed E-state index contributed by atoms with van der Waals surface area (Å²) in [5.41, 5.74) is 1.94. The molecule has 0 saturated carbocycles. The number of allylic oxidation sites excluding steroid dienone is 1. The van der Waals surface area contributed by atoms with Crippen LogP contribution in [0.2, 0.25) is 0 Å². The van der Waals surface area contributed by atoms with Crippen LogP contribution in [0.25, 0.3) is 0 Å². The second kappa shape index (κ2) is 5.17. The van der Waals surface area contributed by atoms with E-state index in [0.29, 0.717) is 11.3 Å². The van der Waals surface area contributed by atoms with Crippen molar-refractivity contribution in [1.82, 2.24) is 4.57 Å². The lowest BCUT2D eigenvalue weighted by Gasteiger charge is -2.02. The Morgan fingerprint density at radius 3 is 2.81 bits per heavy atom. The molecule has 0 aliphatic heterocycles. The maximum absolute atomic E-state index is 11.6. The predicted molar refractivity (Wildman–Crippen MR) is 59.8 cm³/mol. The zero-order valence-electron chi connectivity index (χ0n) is 9.65. The van der Waals surface area contributed by atoms with Crippen molar-refractivity contribution in [2.24, 2.45) is 7.05 Å². The van der Waals surface area contributed by atoms with Gasteiger partial charge in [0.2, 0.25) is 0 Å². The number of esters is 1. The van der Waals surface area contributed by atoms with Crippen molar-refractivity contribution in [3.05, 3.63) is 35.2 Å². The first kappa shape index (κ1) is 12.1. The lowest BCUT2D eigenvalue weighted by Crippen LogP contribution is -2.09. The Morgan fingerprint density at radius 1 is 1.62 bits per heavy atom. The fourth-order valence-electron chi connectivity index (χ4n) is 1.19. The van der Waals surface area contributed by atoms with Crippen LogP contribution in [0, 0.1) is 11.3 Å². The second-order valence-corrected chi connectivity index (χ2v) is 3.72. The highest BCUT2D eigenvalue weighted by Crippen LogP contribution is 2.07. The highest BCUT2D eigenvalue weighted by atomic mass is 16.5. The van der Waals surface area contributed by atoms with E-state index < -0.39 is 5.97 Å². The van der Waals surface area contributed by atoms with Crippen molar-refractivity contribution in [2.45, 2.75) is 13.8 Å². The number of nitriles is 1. The molecule has 0 unspecified atom stereocenters. The molecule has 1 rings (SSSR count). The van der Waals surface area contributed by atoms with Gasteiger partial charge in [0, 0.05) is 13.2 Å². The van der Waals surface area contributed by atoms with Crippen LogP contribution in [0.4, 0.5) is 0 Å². The van der Waals surface area contributed by atoms with Gasteiger partial charge >= 0.3 is 5.97 Å². The summed E-state index contributed by atoms with van der Waals surface area (Å²) in [6.07, 6.45) is 3.42. The largest absolute Gasteiger partial charge is 0.457 e. The Balaban J connectivity index is 2.70. The van der Waals surface area contributed by atoms with Gasteiger partial charge < -0.3 is 9.30 Å². The third kappa shape index (κ3) is 2.99. The first-order chi connectivity index (χ1) is 7.54. The lowest BCUT2D eigenvalue weighted by molar-refractivity contribution is 0.0538. The van der Waals surface area contributed by atoms with Crippen molar-refractivity contribution in [1.29, 1.82) is 5.26 Å². The molecule has 0 aromatic carbocycles. The summed E-state index contributed by atoms with van der Waals surface area (Å²) in [7, 11) is 1.71. The van der Waals surface area contributed by atoms with E-state index in [1.807, 2.05) is 26.0 Å². The van der Waals surface area contributed by atoms with Gasteiger partial charge in [0.25, 0.3) is 0 Å². The standard InChI is InChI=1S/C12H14N2O2/c1-9(2)4-5-16-12(15)11-6-10(7-13)8-14(11)3/h4,6,8H,5H2,1-3H3. The zero-order chi connectivity index (χ0) is 12.1. The molecule has 0 atom stereocenters. The summed E-state index contributed by atoms with van der Waals surface area (Å²) in [6.45, 7) is 4.13. The molecule has 1 aromatic rings. The monoisotopic (exact) mass is 218 g/mol. The van der Waals surface area contributed by atoms with Crippen molar-refractivity contribution >= 4 is 5.97 Å². The van der Waals surface area contributed by atoms with Gasteiger partial charge in [-0.3, -0.25) is 0 Å². The number of hydrogen-bond donors (Lipinski definition) is 0. The number of aryl methyl sites for hydroxylation is 1. The fraction of sp³-hybridized carbons (Fsp3) is 0.333. The summed E-state index contributed by atoms with van der Waals surface area (Å²) in [5, 5.41) is 8.68. The maximum atomic E-state index is 11.6. The van der Waals surface area contributed by atoms with Gasteiger partial charge in [0.1, 0.15) is 18.4 Å². The molecule has 0 aliphatic rings. The molecule has 4 heteroatoms. The normalized spacial score (nSPS) is 9.38. The van der Waals surface area contributed by atoms with E-state index in [1.165, 1.54) is 6.07 Å². The quantitative estimate of drug-likeness (QED) is 0.576. The van der Waals surface area contributed by atoms with Crippen LogP contribution in [0.3, 0.4) is 0 Å². The number of rotatable bonds is 3. The Bertz CT molecular complexity index is 460. The second-order valence-electron chi connectivity index (χ2n) is 3.72. The predicted octanol–water partition coefficient (Wildman–Crippen LogP) is 2.02. The number of carbonyl (C=O) groups excluding carboxylic acids is 1. The molecule has 1 aromatic heterocycles. The van der Waals surface area contributed by atoms with Crippen LogP contribution in [0.5, 0.6) is 0 Å². The van der Waals surface area contributed by atoms with E-state index >= 15 is 0 Å². The Labute approximate surface area is 94.7 Å². The number of aromatic nitrogens is 1. The highest BCUT2D eigenvalue weighted by molar-refractivity contribution is 5.88. The van der Waals surface area contributed by atoms with E-state index in [1.54, 1.807) is 17.8 Å². The SMILES string of the molecule is CC(C)=CCOC(=O)c1cc(C#N)cn1C. The first-order valence-corrected chi connectivity index (χ1v) is 4.91. The number of carbonyl (C=O) groups is 1. The van der Waals surface area contributed by atoms with Gasteiger partial charge in [-0.15, -0.1) is 0 Å². The van der Waals surface area contributed by atoms with E-state index in [9.17, 15) is 4.79 Å². The van der Waals surface area contributed by atoms with Gasteiger partial charge in [-0.25, -0.2) is 4.79 Å². The molecular weight excluding hydrogens is 204 g/mol. The summed E-state index contributed by atoms with van der Waals surface area (Å²) >= 11 is 0. The van der Waals surface area contributed by atoms with E-state index in [0.717, 1.165) is 5.57 Å². The number of hydrogen-bond acceptors (Lipinski definition) is 3. The minimum atomic E-state index is -0.415. The number of ether oxygens (including phenoxy) is 1. The Morgan fingerprint density at radius 2 is 2.31 bits per heavy atom. The van der Waals surface area contributed by atoms with E-state index in [2.05, 4.69) is 0 Å². The molecule has 16 heavy (non-hydrogen) atoms. The highest BCUT2D eigenvalue weighted by Gasteiger charge is 2.12. The number of nitrogens with zero attached hydrogens (tertiary/aromatic N) is 2. The minimum absolute atomic E-state index is 0.258. The van der Waals surface area contributed by atoms with Crippen LogP contribution in [-0.4, -0.2) is 17.1 Å². The van der Waals surface area contributed by atoms with Crippen LogP contribution in [0.15, 0.2) is 23.9 Å². The molecule has 0 fully saturated rings. The molecule has 84 valence electrons. The lowest BCUT2D eigenvalue weighted by atomic mass is 10.3. The molecule has 1 heterocycles. The van der Waals surface area contributed by atoms with Crippen molar-refractivity contribution < 1.29 is 9.53 Å². The van der Waals surface area contributed by atoms with Crippen LogP contribution < -0.4 is 0 Å². The Hall–Kier alpha value is -2.02. The van der Waals surface area contributed by atoms with Crippen molar-refractivity contribution in [2.75, 3.05) is 6.61 Å². The minimum Gasteiger partial charge on any atom is -0.457 e. The molecule has 0 saturated heterocycles. The molecule has 4 nitrogen and oxygen atoms in total. The van der Waals surface area contributed by atoms with Gasteiger partial charge in [-0.05, 0) is 26.0 Å². The van der Waals surface area contributed by atoms with Crippen molar-refractivity contribution in [3.8, 4) is 6.07 Å². The van der Waals surface area contributed by atoms with Crippen LogP contribution in [-0.2, 0) is 11.8 Å². The molecule has 0 aliphatic carbocycles. The first-order valence-electron chi connectivity index (χ1n) is 4.91.